The first kappa shape index (κ1) is 72.7. The number of amides is 11. The van der Waals surface area contributed by atoms with Crippen molar-refractivity contribution in [1.82, 2.24) is 55.6 Å². The fourth-order valence-corrected chi connectivity index (χ4v) is 13.0. The number of hydrogen-bond donors (Lipinski definition) is 4. The van der Waals surface area contributed by atoms with Gasteiger partial charge in [-0.25, -0.2) is 4.39 Å². The zero-order valence-electron chi connectivity index (χ0n) is 54.1. The van der Waals surface area contributed by atoms with Crippen molar-refractivity contribution in [3.05, 3.63) is 70.0 Å². The predicted octanol–water partition coefficient (Wildman–Crippen LogP) is 4.47. The van der Waals surface area contributed by atoms with Crippen LogP contribution in [0.4, 0.5) is 17.6 Å². The van der Waals surface area contributed by atoms with E-state index in [0.717, 1.165) is 50.6 Å². The van der Waals surface area contributed by atoms with Crippen molar-refractivity contribution in [3.63, 3.8) is 0 Å². The third kappa shape index (κ3) is 17.8. The van der Waals surface area contributed by atoms with Crippen LogP contribution in [-0.4, -0.2) is 215 Å². The first-order valence-corrected chi connectivity index (χ1v) is 31.8. The number of likely N-dealkylation sites (N-methyl/N-ethyl adjacent to an activating group) is 6. The zero-order chi connectivity index (χ0) is 67.6. The summed E-state index contributed by atoms with van der Waals surface area (Å²) in [5.74, 6) is -8.93. The maximum atomic E-state index is 15.2. The molecule has 22 nitrogen and oxygen atoms in total. The van der Waals surface area contributed by atoms with E-state index in [1.807, 2.05) is 0 Å². The first-order chi connectivity index (χ1) is 42.7. The molecule has 9 atom stereocenters. The number of carbonyl (C=O) groups excluding carboxylic acids is 11. The highest BCUT2D eigenvalue weighted by Gasteiger charge is 2.50. The molecule has 4 fully saturated rings. The normalized spacial score (nSPS) is 26.7. The summed E-state index contributed by atoms with van der Waals surface area (Å²) in [5, 5.41) is 10.8. The number of alkyl halides is 3. The van der Waals surface area contributed by atoms with Crippen LogP contribution in [0.3, 0.4) is 0 Å². The average Bonchev–Trinajstić information content (AvgIpc) is 2.01. The lowest BCUT2D eigenvalue weighted by atomic mass is 9.90. The SMILES string of the molecule is CC[C@H](C)[C@@H]1NC(=O)[C@H](C)N(C)C(=O)C[C@@H](C)NC(=O)[C@H](C2CCCC2)N(C)C(=O)C2(CCCC2)NC(=O)[C@@H]2CCCN2C(=O)[C@H](CCc2ccc(C(F)(F)F)c(Cl)c2)NC(=O)[C@@H](C)N(C)C(=O)[C@H](Cc2cccc(F)c2)N(C)C(=O)CN(C)C(=O)CN(C)C1=O. The molecule has 0 bridgehead atoms. The van der Waals surface area contributed by atoms with Gasteiger partial charge < -0.3 is 55.6 Å². The topological polar surface area (TPSA) is 259 Å². The average molecular weight is 1300 g/mol. The van der Waals surface area contributed by atoms with E-state index < -0.39 is 160 Å². The lowest BCUT2D eigenvalue weighted by Gasteiger charge is -2.40. The summed E-state index contributed by atoms with van der Waals surface area (Å²) in [4.78, 5) is 167. The van der Waals surface area contributed by atoms with Crippen LogP contribution in [0.2, 0.25) is 5.02 Å². The molecule has 502 valence electrons. The molecule has 27 heteroatoms. The Kier molecular flexibility index (Phi) is 25.0. The van der Waals surface area contributed by atoms with Crippen LogP contribution < -0.4 is 21.3 Å². The number of nitrogens with zero attached hydrogens (tertiary/aromatic N) is 7. The lowest BCUT2D eigenvalue weighted by Crippen LogP contribution is -2.64. The minimum Gasteiger partial charge on any atom is -0.351 e. The summed E-state index contributed by atoms with van der Waals surface area (Å²) in [5.41, 5.74) is -2.05. The van der Waals surface area contributed by atoms with Crippen molar-refractivity contribution in [3.8, 4) is 0 Å². The maximum absolute atomic E-state index is 15.2. The van der Waals surface area contributed by atoms with Gasteiger partial charge in [-0.15, -0.1) is 0 Å². The Morgan fingerprint density at radius 2 is 1.27 bits per heavy atom. The minimum atomic E-state index is -4.77. The monoisotopic (exact) mass is 1300 g/mol. The highest BCUT2D eigenvalue weighted by Crippen LogP contribution is 2.38. The second-order valence-corrected chi connectivity index (χ2v) is 25.8. The van der Waals surface area contributed by atoms with Crippen LogP contribution in [0.25, 0.3) is 0 Å². The Morgan fingerprint density at radius 3 is 1.89 bits per heavy atom. The van der Waals surface area contributed by atoms with E-state index in [0.29, 0.717) is 38.5 Å². The Morgan fingerprint density at radius 1 is 0.648 bits per heavy atom. The molecule has 0 radical (unpaired) electrons. The Balaban J connectivity index is 1.38. The van der Waals surface area contributed by atoms with E-state index in [4.69, 9.17) is 11.6 Å². The number of halogens is 5. The number of benzene rings is 2. The van der Waals surface area contributed by atoms with Gasteiger partial charge in [0, 0.05) is 67.7 Å². The van der Waals surface area contributed by atoms with Crippen molar-refractivity contribution in [1.29, 1.82) is 0 Å². The van der Waals surface area contributed by atoms with Crippen LogP contribution in [0.5, 0.6) is 0 Å². The van der Waals surface area contributed by atoms with Gasteiger partial charge in [-0.3, -0.25) is 52.7 Å². The highest BCUT2D eigenvalue weighted by molar-refractivity contribution is 6.31. The summed E-state index contributed by atoms with van der Waals surface area (Å²) >= 11 is 6.11. The number of aryl methyl sites for hydroxylation is 1. The van der Waals surface area contributed by atoms with Crippen LogP contribution in [-0.2, 0) is 71.8 Å². The number of nitrogens with one attached hydrogen (secondary N) is 4. The Bertz CT molecular complexity index is 3030. The van der Waals surface area contributed by atoms with E-state index in [1.165, 1.54) is 95.1 Å². The van der Waals surface area contributed by atoms with E-state index >= 15 is 9.59 Å². The molecule has 91 heavy (non-hydrogen) atoms. The van der Waals surface area contributed by atoms with Crippen LogP contribution in [0.15, 0.2) is 42.5 Å². The second-order valence-electron chi connectivity index (χ2n) is 25.4. The standard InChI is InChI=1S/C64H90ClF4N11O11/c1-12-37(2)53-61(90)75(7)35-51(82)74(6)36-52(83)78(10)49(34-42-19-17-22-44(66)32-42)60(89)77(9)40(5)55(84)71-47(27-25-41-24-26-45(46(65)33-41)64(67,68)69)59(88)80-30-18-23-48(80)57(86)73-63(28-15-16-29-63)62(91)79(11)54(43-20-13-14-21-43)58(87)70-38(3)31-50(81)76(8)39(4)56(85)72-53/h17,19,22,24,26,32-33,37-40,43,47-49,53-54H,12-16,18,20-21,23,25,27-31,34-36H2,1-11H3,(H,70,87)(H,71,84)(H,72,85)(H,73,86)/t37-,38+,39-,40+,47-,48-,49-,53-,54-/m0/s1. The van der Waals surface area contributed by atoms with Crippen molar-refractivity contribution in [2.75, 3.05) is 61.9 Å². The van der Waals surface area contributed by atoms with Crippen LogP contribution in [0, 0.1) is 17.7 Å². The van der Waals surface area contributed by atoms with Crippen LogP contribution >= 0.6 is 11.6 Å². The third-order valence-corrected chi connectivity index (χ3v) is 19.2. The molecule has 0 unspecified atom stereocenters. The first-order valence-electron chi connectivity index (χ1n) is 31.4. The molecule has 2 aliphatic heterocycles. The van der Waals surface area contributed by atoms with Crippen molar-refractivity contribution in [2.45, 2.75) is 191 Å². The smallest absolute Gasteiger partial charge is 0.351 e. The lowest BCUT2D eigenvalue weighted by molar-refractivity contribution is -0.150. The molecule has 2 saturated carbocycles. The zero-order valence-corrected chi connectivity index (χ0v) is 54.8. The van der Waals surface area contributed by atoms with Gasteiger partial charge in [0.05, 0.1) is 23.7 Å². The fourth-order valence-electron chi connectivity index (χ4n) is 12.7. The van der Waals surface area contributed by atoms with E-state index in [9.17, 15) is 60.7 Å². The van der Waals surface area contributed by atoms with Crippen molar-refractivity contribution in [2.24, 2.45) is 11.8 Å². The quantitative estimate of drug-likeness (QED) is 0.268. The molecule has 4 aliphatic rings. The largest absolute Gasteiger partial charge is 0.417 e. The van der Waals surface area contributed by atoms with E-state index in [-0.39, 0.29) is 68.5 Å². The third-order valence-electron chi connectivity index (χ3n) is 18.9. The molecule has 2 aromatic rings. The predicted molar refractivity (Wildman–Crippen MR) is 329 cm³/mol. The van der Waals surface area contributed by atoms with Gasteiger partial charge >= 0.3 is 6.18 Å². The molecule has 11 amide bonds. The van der Waals surface area contributed by atoms with E-state index in [2.05, 4.69) is 21.3 Å². The van der Waals surface area contributed by atoms with Gasteiger partial charge in [0.2, 0.25) is 65.0 Å². The number of carbonyl (C=O) groups is 11. The Hall–Kier alpha value is -7.38. The van der Waals surface area contributed by atoms with Crippen molar-refractivity contribution >= 4 is 76.6 Å². The minimum absolute atomic E-state index is 0.0210. The summed E-state index contributed by atoms with van der Waals surface area (Å²) in [7, 11) is 8.14. The number of fused-ring (bicyclic) bond motifs is 1. The molecule has 0 aromatic heterocycles. The maximum Gasteiger partial charge on any atom is 0.417 e. The van der Waals surface area contributed by atoms with Crippen molar-refractivity contribution < 1.29 is 70.3 Å². The summed E-state index contributed by atoms with van der Waals surface area (Å²) in [6.45, 7) is 6.81. The van der Waals surface area contributed by atoms with Gasteiger partial charge in [-0.05, 0) is 119 Å². The highest BCUT2D eigenvalue weighted by atomic mass is 35.5. The molecule has 1 spiro atoms. The molecule has 6 rings (SSSR count). The molecule has 2 heterocycles. The molecule has 2 saturated heterocycles. The number of hydrogen-bond acceptors (Lipinski definition) is 11. The van der Waals surface area contributed by atoms with E-state index in [1.54, 1.807) is 20.8 Å². The Labute approximate surface area is 535 Å². The summed E-state index contributed by atoms with van der Waals surface area (Å²) in [6.07, 6.45) is -0.500. The van der Waals surface area contributed by atoms with Crippen LogP contribution in [0.1, 0.15) is 135 Å². The molecule has 2 aromatic carbocycles. The van der Waals surface area contributed by atoms with Gasteiger partial charge in [0.1, 0.15) is 53.6 Å². The van der Waals surface area contributed by atoms with Gasteiger partial charge in [0.25, 0.3) is 0 Å². The van der Waals surface area contributed by atoms with Gasteiger partial charge in [-0.2, -0.15) is 13.2 Å². The summed E-state index contributed by atoms with van der Waals surface area (Å²) in [6, 6.07) is -1.29. The number of rotatable bonds is 8. The van der Waals surface area contributed by atoms with Gasteiger partial charge in [-0.1, -0.05) is 75.8 Å². The second kappa shape index (κ2) is 31.3. The fraction of sp³-hybridized carbons (Fsp3) is 0.641. The molecular weight excluding hydrogens is 1210 g/mol. The molecule has 2 aliphatic carbocycles. The van der Waals surface area contributed by atoms with Gasteiger partial charge in [0.15, 0.2) is 0 Å². The molecular formula is C64H90ClF4N11O11. The molecule has 4 N–H and O–H groups in total. The summed E-state index contributed by atoms with van der Waals surface area (Å²) < 4.78 is 56.1.